The molecule has 1 heterocycles. The topological polar surface area (TPSA) is 56.2 Å². The van der Waals surface area contributed by atoms with Gasteiger partial charge in [-0.05, 0) is 42.3 Å². The van der Waals surface area contributed by atoms with Crippen molar-refractivity contribution in [2.45, 2.75) is 20.0 Å². The Hall–Kier alpha value is -2.79. The first-order valence-corrected chi connectivity index (χ1v) is 8.68. The zero-order valence-corrected chi connectivity index (χ0v) is 15.2. The number of rotatable bonds is 7. The normalized spacial score (nSPS) is 10.5. The molecule has 0 saturated carbocycles. The van der Waals surface area contributed by atoms with E-state index in [-0.39, 0.29) is 12.5 Å². The van der Waals surface area contributed by atoms with Crippen molar-refractivity contribution in [2.75, 3.05) is 6.61 Å². The predicted octanol–water partition coefficient (Wildman–Crippen LogP) is 3.59. The number of hydrogen-bond donors (Lipinski definition) is 1. The fourth-order valence-corrected chi connectivity index (χ4v) is 2.66. The Balaban J connectivity index is 1.49. The van der Waals surface area contributed by atoms with E-state index in [2.05, 4.69) is 27.0 Å². The van der Waals surface area contributed by atoms with E-state index in [1.807, 2.05) is 25.3 Å². The fourth-order valence-electron chi connectivity index (χ4n) is 2.54. The quantitative estimate of drug-likeness (QED) is 0.692. The summed E-state index contributed by atoms with van der Waals surface area (Å²) in [7, 11) is 0. The van der Waals surface area contributed by atoms with E-state index in [4.69, 9.17) is 16.3 Å². The van der Waals surface area contributed by atoms with Crippen molar-refractivity contribution in [3.63, 3.8) is 0 Å². The molecule has 0 bridgehead atoms. The largest absolute Gasteiger partial charge is 0.484 e. The number of nitrogens with zero attached hydrogens (tertiary/aromatic N) is 2. The second-order valence-electron chi connectivity index (χ2n) is 5.94. The number of aromatic nitrogens is 2. The van der Waals surface area contributed by atoms with Gasteiger partial charge in [0.25, 0.3) is 5.91 Å². The lowest BCUT2D eigenvalue weighted by atomic mass is 10.1. The lowest BCUT2D eigenvalue weighted by Gasteiger charge is -2.10. The molecule has 0 radical (unpaired) electrons. The van der Waals surface area contributed by atoms with Crippen molar-refractivity contribution in [1.82, 2.24) is 14.9 Å². The van der Waals surface area contributed by atoms with Gasteiger partial charge in [0.05, 0.1) is 0 Å². The highest BCUT2D eigenvalue weighted by molar-refractivity contribution is 6.30. The van der Waals surface area contributed by atoms with Gasteiger partial charge in [-0.2, -0.15) is 0 Å². The Labute approximate surface area is 157 Å². The number of hydrogen-bond acceptors (Lipinski definition) is 3. The summed E-state index contributed by atoms with van der Waals surface area (Å²) in [5.74, 6) is 1.42. The Bertz CT molecular complexity index is 875. The maximum atomic E-state index is 12.0. The van der Waals surface area contributed by atoms with Crippen molar-refractivity contribution in [2.24, 2.45) is 0 Å². The molecule has 0 spiro atoms. The third-order valence-electron chi connectivity index (χ3n) is 3.94. The van der Waals surface area contributed by atoms with Crippen molar-refractivity contribution >= 4 is 17.5 Å². The van der Waals surface area contributed by atoms with E-state index in [1.54, 1.807) is 30.5 Å². The summed E-state index contributed by atoms with van der Waals surface area (Å²) in [6, 6.07) is 15.0. The molecule has 0 unspecified atom stereocenters. The van der Waals surface area contributed by atoms with Gasteiger partial charge in [-0.1, -0.05) is 35.9 Å². The average molecular weight is 370 g/mol. The van der Waals surface area contributed by atoms with Crippen LogP contribution in [-0.2, 0) is 17.9 Å². The van der Waals surface area contributed by atoms with E-state index in [0.29, 0.717) is 17.3 Å². The van der Waals surface area contributed by atoms with E-state index in [1.165, 1.54) is 0 Å². The summed E-state index contributed by atoms with van der Waals surface area (Å²) in [5.41, 5.74) is 2.20. The molecule has 0 saturated heterocycles. The van der Waals surface area contributed by atoms with Crippen LogP contribution in [0.2, 0.25) is 5.02 Å². The van der Waals surface area contributed by atoms with Crippen molar-refractivity contribution in [3.05, 3.63) is 82.9 Å². The minimum Gasteiger partial charge on any atom is -0.484 e. The zero-order valence-electron chi connectivity index (χ0n) is 14.5. The molecule has 3 aromatic rings. The van der Waals surface area contributed by atoms with Gasteiger partial charge in [-0.15, -0.1) is 0 Å². The summed E-state index contributed by atoms with van der Waals surface area (Å²) < 4.78 is 7.52. The van der Waals surface area contributed by atoms with Gasteiger partial charge in [0, 0.05) is 30.5 Å². The summed E-state index contributed by atoms with van der Waals surface area (Å²) in [4.78, 5) is 16.2. The molecule has 2 aromatic carbocycles. The van der Waals surface area contributed by atoms with Crippen molar-refractivity contribution in [1.29, 1.82) is 0 Å². The molecule has 0 aliphatic heterocycles. The Kier molecular flexibility index (Phi) is 5.92. The monoisotopic (exact) mass is 369 g/mol. The number of carbonyl (C=O) groups is 1. The van der Waals surface area contributed by atoms with Crippen LogP contribution in [0.3, 0.4) is 0 Å². The summed E-state index contributed by atoms with van der Waals surface area (Å²) in [5, 5.41) is 3.50. The third-order valence-corrected chi connectivity index (χ3v) is 4.19. The van der Waals surface area contributed by atoms with Gasteiger partial charge < -0.3 is 14.6 Å². The van der Waals surface area contributed by atoms with Gasteiger partial charge in [0.1, 0.15) is 11.6 Å². The molecule has 6 heteroatoms. The first kappa shape index (κ1) is 18.0. The van der Waals surface area contributed by atoms with Crippen LogP contribution in [0.4, 0.5) is 0 Å². The molecule has 0 fully saturated rings. The van der Waals surface area contributed by atoms with Crippen LogP contribution in [0.1, 0.15) is 17.0 Å². The standard InChI is InChI=1S/C20H20ClN3O2/c1-15-22-9-10-24(15)13-17-4-2-3-16(11-17)12-23-20(25)14-26-19-7-5-18(21)6-8-19/h2-11H,12-14H2,1H3,(H,23,25). The van der Waals surface area contributed by atoms with Crippen LogP contribution >= 0.6 is 11.6 Å². The number of amides is 1. The SMILES string of the molecule is Cc1nccn1Cc1cccc(CNC(=O)COc2ccc(Cl)cc2)c1. The smallest absolute Gasteiger partial charge is 0.258 e. The van der Waals surface area contributed by atoms with E-state index in [0.717, 1.165) is 23.5 Å². The zero-order chi connectivity index (χ0) is 18.4. The van der Waals surface area contributed by atoms with Crippen LogP contribution in [0, 0.1) is 6.92 Å². The fraction of sp³-hybridized carbons (Fsp3) is 0.200. The van der Waals surface area contributed by atoms with Crippen LogP contribution in [0.5, 0.6) is 5.75 Å². The summed E-state index contributed by atoms with van der Waals surface area (Å²) >= 11 is 5.82. The number of imidazole rings is 1. The van der Waals surface area contributed by atoms with E-state index >= 15 is 0 Å². The summed E-state index contributed by atoms with van der Waals surface area (Å²) in [6.45, 7) is 3.16. The van der Waals surface area contributed by atoms with Crippen LogP contribution in [-0.4, -0.2) is 22.1 Å². The van der Waals surface area contributed by atoms with Gasteiger partial charge in [0.15, 0.2) is 6.61 Å². The molecule has 1 N–H and O–H groups in total. The van der Waals surface area contributed by atoms with Crippen molar-refractivity contribution < 1.29 is 9.53 Å². The molecule has 1 aromatic heterocycles. The highest BCUT2D eigenvalue weighted by Crippen LogP contribution is 2.15. The van der Waals surface area contributed by atoms with Gasteiger partial charge in [-0.25, -0.2) is 4.98 Å². The highest BCUT2D eigenvalue weighted by atomic mass is 35.5. The van der Waals surface area contributed by atoms with Gasteiger partial charge in [0.2, 0.25) is 0 Å². The first-order chi connectivity index (χ1) is 12.6. The minimum atomic E-state index is -0.171. The third kappa shape index (κ3) is 5.10. The van der Waals surface area contributed by atoms with E-state index < -0.39 is 0 Å². The second-order valence-corrected chi connectivity index (χ2v) is 6.38. The molecule has 5 nitrogen and oxygen atoms in total. The molecule has 0 atom stereocenters. The number of aryl methyl sites for hydroxylation is 1. The Morgan fingerprint density at radius 1 is 1.19 bits per heavy atom. The maximum Gasteiger partial charge on any atom is 0.258 e. The number of nitrogens with one attached hydrogen (secondary N) is 1. The van der Waals surface area contributed by atoms with Crippen LogP contribution in [0.25, 0.3) is 0 Å². The van der Waals surface area contributed by atoms with Crippen LogP contribution < -0.4 is 10.1 Å². The number of carbonyl (C=O) groups excluding carboxylic acids is 1. The maximum absolute atomic E-state index is 12.0. The number of halogens is 1. The van der Waals surface area contributed by atoms with Gasteiger partial charge >= 0.3 is 0 Å². The van der Waals surface area contributed by atoms with Gasteiger partial charge in [-0.3, -0.25) is 4.79 Å². The molecule has 1 amide bonds. The molecule has 0 aliphatic rings. The van der Waals surface area contributed by atoms with Crippen molar-refractivity contribution in [3.8, 4) is 5.75 Å². The Morgan fingerprint density at radius 2 is 1.96 bits per heavy atom. The molecule has 3 rings (SSSR count). The predicted molar refractivity (Wildman–Crippen MR) is 101 cm³/mol. The van der Waals surface area contributed by atoms with E-state index in [9.17, 15) is 4.79 Å². The lowest BCUT2D eigenvalue weighted by molar-refractivity contribution is -0.123. The minimum absolute atomic E-state index is 0.0322. The van der Waals surface area contributed by atoms with Crippen LogP contribution in [0.15, 0.2) is 60.9 Å². The summed E-state index contributed by atoms with van der Waals surface area (Å²) in [6.07, 6.45) is 3.75. The number of ether oxygens (including phenoxy) is 1. The molecule has 26 heavy (non-hydrogen) atoms. The first-order valence-electron chi connectivity index (χ1n) is 8.31. The number of benzene rings is 2. The molecule has 134 valence electrons. The lowest BCUT2D eigenvalue weighted by Crippen LogP contribution is -2.28. The molecular formula is C20H20ClN3O2. The average Bonchev–Trinajstić information content (AvgIpc) is 3.04. The molecule has 0 aliphatic carbocycles. The molecular weight excluding hydrogens is 350 g/mol. The highest BCUT2D eigenvalue weighted by Gasteiger charge is 2.04. The Morgan fingerprint density at radius 3 is 2.69 bits per heavy atom. The second kappa shape index (κ2) is 8.54.